The maximum Gasteiger partial charge on any atom is 0.229 e. The molecule has 0 unspecified atom stereocenters. The molecule has 1 saturated heterocycles. The second-order valence-electron chi connectivity index (χ2n) is 7.07. The molecular weight excluding hydrogens is 353 g/mol. The van der Waals surface area contributed by atoms with Crippen molar-refractivity contribution in [2.45, 2.75) is 26.2 Å². The molecule has 4 rings (SSSR count). The van der Waals surface area contributed by atoms with Crippen LogP contribution in [0.3, 0.4) is 0 Å². The number of rotatable bonds is 5. The predicted octanol–water partition coefficient (Wildman–Crippen LogP) is 5.40. The van der Waals surface area contributed by atoms with Crippen LogP contribution < -0.4 is 15.5 Å². The predicted molar refractivity (Wildman–Crippen MR) is 112 cm³/mol. The first-order valence-electron chi connectivity index (χ1n) is 9.66. The molecule has 1 aliphatic heterocycles. The highest BCUT2D eigenvalue weighted by molar-refractivity contribution is 5.62. The van der Waals surface area contributed by atoms with Gasteiger partial charge in [0.15, 0.2) is 0 Å². The number of aromatic nitrogens is 2. The molecule has 144 valence electrons. The number of aryl methyl sites for hydroxylation is 1. The van der Waals surface area contributed by atoms with Gasteiger partial charge in [-0.15, -0.1) is 0 Å². The van der Waals surface area contributed by atoms with Gasteiger partial charge in [0.1, 0.15) is 11.6 Å². The fourth-order valence-electron chi connectivity index (χ4n) is 3.44. The van der Waals surface area contributed by atoms with Gasteiger partial charge in [-0.05, 0) is 68.7 Å². The molecule has 0 amide bonds. The highest BCUT2D eigenvalue weighted by Gasteiger charge is 2.11. The van der Waals surface area contributed by atoms with Crippen molar-refractivity contribution in [3.63, 3.8) is 0 Å². The smallest absolute Gasteiger partial charge is 0.229 e. The first-order valence-corrected chi connectivity index (χ1v) is 9.66. The van der Waals surface area contributed by atoms with E-state index >= 15 is 0 Å². The lowest BCUT2D eigenvalue weighted by Gasteiger charge is -2.28. The molecule has 0 saturated carbocycles. The molecular formula is C22H24FN5. The SMILES string of the molecule is Cc1cc(Nc2cccc(F)c2)nc(Nc2ccc(N3CCCCC3)cc2)n1. The normalized spacial score (nSPS) is 14.0. The fraction of sp³-hybridized carbons (Fsp3) is 0.273. The molecule has 6 heteroatoms. The average Bonchev–Trinajstić information content (AvgIpc) is 2.69. The molecule has 1 aromatic heterocycles. The van der Waals surface area contributed by atoms with E-state index in [1.807, 2.05) is 13.0 Å². The van der Waals surface area contributed by atoms with Crippen LogP contribution in [0.2, 0.25) is 0 Å². The van der Waals surface area contributed by atoms with Crippen molar-refractivity contribution in [1.29, 1.82) is 0 Å². The van der Waals surface area contributed by atoms with E-state index < -0.39 is 0 Å². The minimum Gasteiger partial charge on any atom is -0.372 e. The van der Waals surface area contributed by atoms with Crippen LogP contribution in [0.15, 0.2) is 54.6 Å². The van der Waals surface area contributed by atoms with E-state index in [9.17, 15) is 4.39 Å². The molecule has 2 heterocycles. The third-order valence-corrected chi connectivity index (χ3v) is 4.80. The molecule has 2 aromatic carbocycles. The van der Waals surface area contributed by atoms with Gasteiger partial charge in [-0.25, -0.2) is 9.37 Å². The van der Waals surface area contributed by atoms with Crippen molar-refractivity contribution in [2.75, 3.05) is 28.6 Å². The summed E-state index contributed by atoms with van der Waals surface area (Å²) in [7, 11) is 0. The van der Waals surface area contributed by atoms with E-state index in [0.717, 1.165) is 24.5 Å². The van der Waals surface area contributed by atoms with E-state index in [1.54, 1.807) is 12.1 Å². The van der Waals surface area contributed by atoms with E-state index in [4.69, 9.17) is 0 Å². The third-order valence-electron chi connectivity index (χ3n) is 4.80. The lowest BCUT2D eigenvalue weighted by molar-refractivity contribution is 0.578. The Balaban J connectivity index is 1.47. The topological polar surface area (TPSA) is 53.1 Å². The largest absolute Gasteiger partial charge is 0.372 e. The monoisotopic (exact) mass is 377 g/mol. The number of anilines is 5. The first-order chi connectivity index (χ1) is 13.7. The third kappa shape index (κ3) is 4.57. The summed E-state index contributed by atoms with van der Waals surface area (Å²) >= 11 is 0. The number of hydrogen-bond donors (Lipinski definition) is 2. The van der Waals surface area contributed by atoms with Gasteiger partial charge in [0, 0.05) is 41.9 Å². The maximum absolute atomic E-state index is 13.4. The van der Waals surface area contributed by atoms with Crippen molar-refractivity contribution in [3.8, 4) is 0 Å². The Labute approximate surface area is 164 Å². The molecule has 1 fully saturated rings. The molecule has 5 nitrogen and oxygen atoms in total. The molecule has 0 spiro atoms. The number of piperidine rings is 1. The fourth-order valence-corrected chi connectivity index (χ4v) is 3.44. The van der Waals surface area contributed by atoms with E-state index in [2.05, 4.69) is 49.8 Å². The zero-order chi connectivity index (χ0) is 19.3. The van der Waals surface area contributed by atoms with Crippen molar-refractivity contribution in [1.82, 2.24) is 9.97 Å². The van der Waals surface area contributed by atoms with Gasteiger partial charge in [0.05, 0.1) is 0 Å². The summed E-state index contributed by atoms with van der Waals surface area (Å²) < 4.78 is 13.4. The second kappa shape index (κ2) is 8.25. The van der Waals surface area contributed by atoms with Crippen molar-refractivity contribution in [2.24, 2.45) is 0 Å². The van der Waals surface area contributed by atoms with Gasteiger partial charge >= 0.3 is 0 Å². The number of halogens is 1. The Morgan fingerprint density at radius 2 is 1.64 bits per heavy atom. The van der Waals surface area contributed by atoms with Gasteiger partial charge in [-0.2, -0.15) is 4.98 Å². The van der Waals surface area contributed by atoms with E-state index in [0.29, 0.717) is 17.5 Å². The average molecular weight is 377 g/mol. The highest BCUT2D eigenvalue weighted by atomic mass is 19.1. The Hall–Kier alpha value is -3.15. The second-order valence-corrected chi connectivity index (χ2v) is 7.07. The number of nitrogens with one attached hydrogen (secondary N) is 2. The van der Waals surface area contributed by atoms with Crippen molar-refractivity contribution >= 4 is 28.8 Å². The van der Waals surface area contributed by atoms with Gasteiger partial charge < -0.3 is 15.5 Å². The molecule has 1 aliphatic rings. The van der Waals surface area contributed by atoms with Crippen molar-refractivity contribution < 1.29 is 4.39 Å². The lowest BCUT2D eigenvalue weighted by atomic mass is 10.1. The Morgan fingerprint density at radius 3 is 2.39 bits per heavy atom. The van der Waals surface area contributed by atoms with E-state index in [1.165, 1.54) is 37.1 Å². The molecule has 3 aromatic rings. The van der Waals surface area contributed by atoms with Crippen LogP contribution in [-0.2, 0) is 0 Å². The summed E-state index contributed by atoms with van der Waals surface area (Å²) in [5.74, 6) is 0.832. The van der Waals surface area contributed by atoms with Crippen LogP contribution in [0.4, 0.5) is 33.2 Å². The number of nitrogens with zero attached hydrogens (tertiary/aromatic N) is 3. The van der Waals surface area contributed by atoms with Crippen LogP contribution in [0, 0.1) is 12.7 Å². The standard InChI is InChI=1S/C22H24FN5/c1-16-14-21(25-19-7-5-6-17(23)15-19)27-22(24-16)26-18-8-10-20(11-9-18)28-12-3-2-4-13-28/h5-11,14-15H,2-4,12-13H2,1H3,(H2,24,25,26,27). The van der Waals surface area contributed by atoms with Crippen LogP contribution in [0.5, 0.6) is 0 Å². The van der Waals surface area contributed by atoms with Gasteiger partial charge in [-0.1, -0.05) is 6.07 Å². The Bertz CT molecular complexity index is 936. The Kier molecular flexibility index (Phi) is 5.37. The van der Waals surface area contributed by atoms with Crippen molar-refractivity contribution in [3.05, 3.63) is 66.1 Å². The summed E-state index contributed by atoms with van der Waals surface area (Å²) in [5, 5.41) is 6.38. The van der Waals surface area contributed by atoms with Crippen LogP contribution >= 0.6 is 0 Å². The zero-order valence-electron chi connectivity index (χ0n) is 16.0. The first kappa shape index (κ1) is 18.2. The van der Waals surface area contributed by atoms with Crippen LogP contribution in [0.1, 0.15) is 25.0 Å². The zero-order valence-corrected chi connectivity index (χ0v) is 16.0. The Morgan fingerprint density at radius 1 is 0.857 bits per heavy atom. The summed E-state index contributed by atoms with van der Waals surface area (Å²) in [6.07, 6.45) is 3.85. The van der Waals surface area contributed by atoms with Crippen LogP contribution in [0.25, 0.3) is 0 Å². The summed E-state index contributed by atoms with van der Waals surface area (Å²) in [5.41, 5.74) is 3.66. The summed E-state index contributed by atoms with van der Waals surface area (Å²) in [6, 6.07) is 16.5. The van der Waals surface area contributed by atoms with Gasteiger partial charge in [0.2, 0.25) is 5.95 Å². The molecule has 0 aliphatic carbocycles. The molecule has 2 N–H and O–H groups in total. The van der Waals surface area contributed by atoms with Gasteiger partial charge in [-0.3, -0.25) is 0 Å². The highest BCUT2D eigenvalue weighted by Crippen LogP contribution is 2.24. The minimum absolute atomic E-state index is 0.289. The minimum atomic E-state index is -0.289. The number of hydrogen-bond acceptors (Lipinski definition) is 5. The molecule has 0 atom stereocenters. The molecule has 0 radical (unpaired) electrons. The molecule has 0 bridgehead atoms. The maximum atomic E-state index is 13.4. The van der Waals surface area contributed by atoms with Gasteiger partial charge in [0.25, 0.3) is 0 Å². The lowest BCUT2D eigenvalue weighted by Crippen LogP contribution is -2.29. The summed E-state index contributed by atoms with van der Waals surface area (Å²) in [6.45, 7) is 4.16. The van der Waals surface area contributed by atoms with E-state index in [-0.39, 0.29) is 5.82 Å². The molecule has 28 heavy (non-hydrogen) atoms. The quantitative estimate of drug-likeness (QED) is 0.623. The number of benzene rings is 2. The van der Waals surface area contributed by atoms with Crippen LogP contribution in [-0.4, -0.2) is 23.1 Å². The summed E-state index contributed by atoms with van der Waals surface area (Å²) in [4.78, 5) is 11.4.